The Balaban J connectivity index is 2.58. The van der Waals surface area contributed by atoms with E-state index < -0.39 is 4.92 Å². The lowest BCUT2D eigenvalue weighted by Gasteiger charge is -2.19. The van der Waals surface area contributed by atoms with E-state index >= 15 is 0 Å². The molecule has 0 aliphatic heterocycles. The van der Waals surface area contributed by atoms with E-state index in [0.29, 0.717) is 19.5 Å². The van der Waals surface area contributed by atoms with Crippen LogP contribution in [0.1, 0.15) is 18.9 Å². The number of likely N-dealkylation sites (N-methyl/N-ethyl adjacent to an activating group) is 1. The molecule has 0 heterocycles. The van der Waals surface area contributed by atoms with Crippen LogP contribution < -0.4 is 0 Å². The zero-order valence-corrected chi connectivity index (χ0v) is 10.9. The van der Waals surface area contributed by atoms with Crippen molar-refractivity contribution in [2.75, 3.05) is 19.7 Å². The molecule has 0 saturated heterocycles. The lowest BCUT2D eigenvalue weighted by molar-refractivity contribution is -0.384. The number of non-ortho nitro benzene ring substituents is 1. The normalized spacial score (nSPS) is 10.2. The number of benzene rings is 1. The second-order valence-corrected chi connectivity index (χ2v) is 4.12. The molecular formula is C13H18N2O4. The monoisotopic (exact) mass is 266 g/mol. The highest BCUT2D eigenvalue weighted by molar-refractivity contribution is 5.76. The number of hydrogen-bond donors (Lipinski definition) is 1. The Hall–Kier alpha value is -1.95. The summed E-state index contributed by atoms with van der Waals surface area (Å²) in [7, 11) is 0. The first kappa shape index (κ1) is 15.1. The third kappa shape index (κ3) is 4.67. The van der Waals surface area contributed by atoms with E-state index in [2.05, 4.69) is 0 Å². The zero-order valence-electron chi connectivity index (χ0n) is 10.9. The van der Waals surface area contributed by atoms with Gasteiger partial charge in [0, 0.05) is 31.6 Å². The fraction of sp³-hybridized carbons (Fsp3) is 0.462. The fourth-order valence-electron chi connectivity index (χ4n) is 1.81. The van der Waals surface area contributed by atoms with Gasteiger partial charge in [0.1, 0.15) is 0 Å². The van der Waals surface area contributed by atoms with Crippen LogP contribution in [0.25, 0.3) is 0 Å². The number of rotatable bonds is 7. The molecule has 0 atom stereocenters. The number of aliphatic hydroxyl groups excluding tert-OH is 1. The first-order valence-corrected chi connectivity index (χ1v) is 6.20. The van der Waals surface area contributed by atoms with Gasteiger partial charge in [-0.05, 0) is 18.9 Å². The van der Waals surface area contributed by atoms with E-state index in [4.69, 9.17) is 5.11 Å². The number of amides is 1. The van der Waals surface area contributed by atoms with Gasteiger partial charge in [0.25, 0.3) is 5.69 Å². The highest BCUT2D eigenvalue weighted by atomic mass is 16.6. The number of aliphatic hydroxyl groups is 1. The average Bonchev–Trinajstić information content (AvgIpc) is 2.42. The minimum absolute atomic E-state index is 0.0349. The highest BCUT2D eigenvalue weighted by Crippen LogP contribution is 2.14. The molecule has 0 spiro atoms. The van der Waals surface area contributed by atoms with Crippen LogP contribution in [0.2, 0.25) is 0 Å². The molecule has 1 aromatic carbocycles. The molecule has 6 heteroatoms. The summed E-state index contributed by atoms with van der Waals surface area (Å²) in [6, 6.07) is 6.29. The predicted molar refractivity (Wildman–Crippen MR) is 70.8 cm³/mol. The molecule has 0 aliphatic carbocycles. The molecule has 1 aromatic rings. The van der Waals surface area contributed by atoms with Crippen molar-refractivity contribution < 1.29 is 14.8 Å². The van der Waals surface area contributed by atoms with Crippen LogP contribution in [0.5, 0.6) is 0 Å². The van der Waals surface area contributed by atoms with Crippen LogP contribution in [0, 0.1) is 10.1 Å². The summed E-state index contributed by atoms with van der Waals surface area (Å²) in [5, 5.41) is 19.5. The van der Waals surface area contributed by atoms with Gasteiger partial charge in [-0.1, -0.05) is 12.1 Å². The lowest BCUT2D eigenvalue weighted by atomic mass is 10.1. The standard InChI is InChI=1S/C13H18N2O4/c1-2-14(8-9-16)13(17)7-6-11-4-3-5-12(10-11)15(18)19/h3-5,10,16H,2,6-9H2,1H3. The van der Waals surface area contributed by atoms with Gasteiger partial charge in [0.15, 0.2) is 0 Å². The van der Waals surface area contributed by atoms with Gasteiger partial charge in [0.2, 0.25) is 5.91 Å². The fourth-order valence-corrected chi connectivity index (χ4v) is 1.81. The van der Waals surface area contributed by atoms with E-state index in [1.807, 2.05) is 6.92 Å². The molecule has 1 amide bonds. The number of hydrogen-bond acceptors (Lipinski definition) is 4. The van der Waals surface area contributed by atoms with Gasteiger partial charge < -0.3 is 10.0 Å². The third-order valence-corrected chi connectivity index (χ3v) is 2.85. The molecule has 0 aromatic heterocycles. The van der Waals surface area contributed by atoms with Gasteiger partial charge in [-0.2, -0.15) is 0 Å². The van der Waals surface area contributed by atoms with E-state index in [0.717, 1.165) is 5.56 Å². The summed E-state index contributed by atoms with van der Waals surface area (Å²) in [4.78, 5) is 23.6. The van der Waals surface area contributed by atoms with Gasteiger partial charge in [0.05, 0.1) is 11.5 Å². The number of carbonyl (C=O) groups excluding carboxylic acids is 1. The Morgan fingerprint density at radius 3 is 2.79 bits per heavy atom. The second-order valence-electron chi connectivity index (χ2n) is 4.12. The van der Waals surface area contributed by atoms with Gasteiger partial charge in [-0.3, -0.25) is 14.9 Å². The summed E-state index contributed by atoms with van der Waals surface area (Å²) in [6.45, 7) is 2.66. The van der Waals surface area contributed by atoms with Gasteiger partial charge >= 0.3 is 0 Å². The minimum atomic E-state index is -0.449. The summed E-state index contributed by atoms with van der Waals surface area (Å²) in [5.41, 5.74) is 0.801. The molecule has 0 fully saturated rings. The summed E-state index contributed by atoms with van der Waals surface area (Å²) >= 11 is 0. The predicted octanol–water partition coefficient (Wildman–Crippen LogP) is 1.37. The van der Waals surface area contributed by atoms with E-state index in [-0.39, 0.29) is 24.6 Å². The SMILES string of the molecule is CCN(CCO)C(=O)CCc1cccc([N+](=O)[O-])c1. The molecule has 0 radical (unpaired) electrons. The Labute approximate surface area is 111 Å². The first-order chi connectivity index (χ1) is 9.08. The summed E-state index contributed by atoms with van der Waals surface area (Å²) < 4.78 is 0. The zero-order chi connectivity index (χ0) is 14.3. The molecular weight excluding hydrogens is 248 g/mol. The van der Waals surface area contributed by atoms with Crippen molar-refractivity contribution >= 4 is 11.6 Å². The maximum absolute atomic E-state index is 11.8. The lowest BCUT2D eigenvalue weighted by Crippen LogP contribution is -2.33. The summed E-state index contributed by atoms with van der Waals surface area (Å²) in [5.74, 6) is -0.0527. The smallest absolute Gasteiger partial charge is 0.269 e. The molecule has 1 N–H and O–H groups in total. The minimum Gasteiger partial charge on any atom is -0.395 e. The molecule has 1 rings (SSSR count). The van der Waals surface area contributed by atoms with Crippen molar-refractivity contribution in [2.45, 2.75) is 19.8 Å². The van der Waals surface area contributed by atoms with Crippen molar-refractivity contribution in [1.82, 2.24) is 4.90 Å². The van der Waals surface area contributed by atoms with E-state index in [9.17, 15) is 14.9 Å². The van der Waals surface area contributed by atoms with Gasteiger partial charge in [-0.15, -0.1) is 0 Å². The number of nitrogens with zero attached hydrogens (tertiary/aromatic N) is 2. The van der Waals surface area contributed by atoms with Crippen molar-refractivity contribution in [1.29, 1.82) is 0 Å². The largest absolute Gasteiger partial charge is 0.395 e. The first-order valence-electron chi connectivity index (χ1n) is 6.20. The van der Waals surface area contributed by atoms with Crippen LogP contribution in [-0.4, -0.2) is 40.5 Å². The van der Waals surface area contributed by atoms with Crippen LogP contribution in [-0.2, 0) is 11.2 Å². The Kier molecular flexibility index (Phi) is 5.95. The highest BCUT2D eigenvalue weighted by Gasteiger charge is 2.12. The molecule has 0 bridgehead atoms. The van der Waals surface area contributed by atoms with Crippen molar-refractivity contribution in [3.8, 4) is 0 Å². The maximum atomic E-state index is 11.8. The van der Waals surface area contributed by atoms with Crippen molar-refractivity contribution in [3.63, 3.8) is 0 Å². The van der Waals surface area contributed by atoms with Crippen LogP contribution in [0.4, 0.5) is 5.69 Å². The summed E-state index contributed by atoms with van der Waals surface area (Å²) in [6.07, 6.45) is 0.747. The van der Waals surface area contributed by atoms with Crippen LogP contribution in [0.15, 0.2) is 24.3 Å². The van der Waals surface area contributed by atoms with Crippen molar-refractivity contribution in [2.24, 2.45) is 0 Å². The molecule has 6 nitrogen and oxygen atoms in total. The van der Waals surface area contributed by atoms with Crippen LogP contribution >= 0.6 is 0 Å². The Morgan fingerprint density at radius 2 is 2.21 bits per heavy atom. The quantitative estimate of drug-likeness (QED) is 0.596. The molecule has 0 saturated carbocycles. The number of carbonyl (C=O) groups is 1. The number of aryl methyl sites for hydroxylation is 1. The van der Waals surface area contributed by atoms with Crippen molar-refractivity contribution in [3.05, 3.63) is 39.9 Å². The van der Waals surface area contributed by atoms with Crippen LogP contribution in [0.3, 0.4) is 0 Å². The Morgan fingerprint density at radius 1 is 1.47 bits per heavy atom. The molecule has 0 aliphatic rings. The number of nitro benzene ring substituents is 1. The second kappa shape index (κ2) is 7.48. The molecule has 104 valence electrons. The average molecular weight is 266 g/mol. The molecule has 19 heavy (non-hydrogen) atoms. The number of nitro groups is 1. The Bertz CT molecular complexity index is 448. The molecule has 0 unspecified atom stereocenters. The topological polar surface area (TPSA) is 83.7 Å². The maximum Gasteiger partial charge on any atom is 0.269 e. The van der Waals surface area contributed by atoms with Gasteiger partial charge in [-0.25, -0.2) is 0 Å². The van der Waals surface area contributed by atoms with E-state index in [1.54, 1.807) is 17.0 Å². The third-order valence-electron chi connectivity index (χ3n) is 2.85. The van der Waals surface area contributed by atoms with E-state index in [1.165, 1.54) is 12.1 Å².